The first-order chi connectivity index (χ1) is 5.24. The zero-order valence-electron chi connectivity index (χ0n) is 8.07. The number of likely N-dealkylation sites (N-methyl/N-ethyl adjacent to an activating group) is 1. The van der Waals surface area contributed by atoms with E-state index in [1.807, 2.05) is 7.05 Å². The Labute approximate surface area is 70.2 Å². The Morgan fingerprint density at radius 3 is 2.45 bits per heavy atom. The number of hydrogen-bond acceptors (Lipinski definition) is 1. The van der Waals surface area contributed by atoms with Crippen molar-refractivity contribution in [3.8, 4) is 0 Å². The van der Waals surface area contributed by atoms with Crippen molar-refractivity contribution in [2.75, 3.05) is 13.6 Å². The van der Waals surface area contributed by atoms with Gasteiger partial charge in [0.1, 0.15) is 0 Å². The Balaban J connectivity index is 4.04. The van der Waals surface area contributed by atoms with E-state index in [1.54, 1.807) is 0 Å². The van der Waals surface area contributed by atoms with Crippen LogP contribution in [0.2, 0.25) is 0 Å². The van der Waals surface area contributed by atoms with Crippen LogP contribution in [0.3, 0.4) is 0 Å². The molecule has 11 heavy (non-hydrogen) atoms. The van der Waals surface area contributed by atoms with Crippen LogP contribution in [0.15, 0.2) is 23.3 Å². The van der Waals surface area contributed by atoms with E-state index in [0.717, 1.165) is 13.0 Å². The number of nitrogens with one attached hydrogen (secondary N) is 1. The largest absolute Gasteiger partial charge is 0.316 e. The molecule has 0 heterocycles. The van der Waals surface area contributed by atoms with Crippen molar-refractivity contribution in [2.24, 2.45) is 0 Å². The summed E-state index contributed by atoms with van der Waals surface area (Å²) in [7, 11) is 1.97. The molecule has 0 unspecified atom stereocenters. The third-order valence-electron chi connectivity index (χ3n) is 1.67. The molecule has 0 aliphatic rings. The van der Waals surface area contributed by atoms with Gasteiger partial charge in [0.25, 0.3) is 0 Å². The summed E-state index contributed by atoms with van der Waals surface area (Å²) in [6, 6.07) is 0. The van der Waals surface area contributed by atoms with Gasteiger partial charge in [-0.1, -0.05) is 30.2 Å². The summed E-state index contributed by atoms with van der Waals surface area (Å²) in [5.74, 6) is 0. The Bertz CT molecular complexity index is 154. The maximum Gasteiger partial charge on any atom is 0.0162 e. The molecule has 0 saturated carbocycles. The topological polar surface area (TPSA) is 12.0 Å². The van der Waals surface area contributed by atoms with Crippen LogP contribution < -0.4 is 5.32 Å². The van der Waals surface area contributed by atoms with Gasteiger partial charge in [0.2, 0.25) is 0 Å². The van der Waals surface area contributed by atoms with Crippen molar-refractivity contribution in [1.82, 2.24) is 5.32 Å². The molecule has 0 aliphatic heterocycles. The molecule has 1 N–H and O–H groups in total. The molecule has 0 aromatic rings. The lowest BCUT2D eigenvalue weighted by Gasteiger charge is -2.00. The zero-order chi connectivity index (χ0) is 8.69. The highest BCUT2D eigenvalue weighted by Gasteiger charge is 1.89. The van der Waals surface area contributed by atoms with E-state index >= 15 is 0 Å². The summed E-state index contributed by atoms with van der Waals surface area (Å²) in [5, 5.41) is 3.13. The summed E-state index contributed by atoms with van der Waals surface area (Å²) < 4.78 is 0. The predicted molar refractivity (Wildman–Crippen MR) is 51.7 cm³/mol. The highest BCUT2D eigenvalue weighted by atomic mass is 14.8. The molecule has 0 amide bonds. The van der Waals surface area contributed by atoms with Gasteiger partial charge >= 0.3 is 0 Å². The summed E-state index contributed by atoms with van der Waals surface area (Å²) in [5.41, 5.74) is 2.81. The van der Waals surface area contributed by atoms with Crippen LogP contribution in [0, 0.1) is 0 Å². The monoisotopic (exact) mass is 153 g/mol. The Kier molecular flexibility index (Phi) is 5.86. The molecule has 0 aromatic heterocycles. The average molecular weight is 153 g/mol. The Hall–Kier alpha value is -0.560. The first kappa shape index (κ1) is 10.4. The van der Waals surface area contributed by atoms with Crippen LogP contribution in [0.4, 0.5) is 0 Å². The van der Waals surface area contributed by atoms with Gasteiger partial charge in [-0.3, -0.25) is 0 Å². The van der Waals surface area contributed by atoms with Crippen LogP contribution in [0.1, 0.15) is 27.2 Å². The molecule has 0 bridgehead atoms. The van der Waals surface area contributed by atoms with E-state index in [0.29, 0.717) is 0 Å². The fourth-order valence-corrected chi connectivity index (χ4v) is 1.04. The number of hydrogen-bond donors (Lipinski definition) is 1. The van der Waals surface area contributed by atoms with Crippen molar-refractivity contribution in [2.45, 2.75) is 27.2 Å². The smallest absolute Gasteiger partial charge is 0.0162 e. The lowest BCUT2D eigenvalue weighted by molar-refractivity contribution is 0.877. The fourth-order valence-electron chi connectivity index (χ4n) is 1.04. The third kappa shape index (κ3) is 4.79. The number of allylic oxidation sites excluding steroid dienone is 3. The minimum Gasteiger partial charge on any atom is -0.316 e. The first-order valence-corrected chi connectivity index (χ1v) is 4.21. The lowest BCUT2D eigenvalue weighted by atomic mass is 10.1. The van der Waals surface area contributed by atoms with Crippen molar-refractivity contribution < 1.29 is 0 Å². The highest BCUT2D eigenvalue weighted by Crippen LogP contribution is 2.05. The van der Waals surface area contributed by atoms with Gasteiger partial charge in [0, 0.05) is 6.54 Å². The van der Waals surface area contributed by atoms with Crippen molar-refractivity contribution >= 4 is 0 Å². The average Bonchev–Trinajstić information content (AvgIpc) is 2.01. The molecule has 1 nitrogen and oxygen atoms in total. The molecule has 0 saturated heterocycles. The van der Waals surface area contributed by atoms with Gasteiger partial charge in [-0.05, 0) is 27.3 Å². The second-order valence-corrected chi connectivity index (χ2v) is 2.74. The normalized spacial score (nSPS) is 13.8. The second-order valence-electron chi connectivity index (χ2n) is 2.74. The maximum absolute atomic E-state index is 3.13. The van der Waals surface area contributed by atoms with Gasteiger partial charge in [0.15, 0.2) is 0 Å². The molecule has 0 aromatic carbocycles. The summed E-state index contributed by atoms with van der Waals surface area (Å²) in [6.45, 7) is 7.40. The van der Waals surface area contributed by atoms with Gasteiger partial charge < -0.3 is 5.32 Å². The SMILES string of the molecule is C/C=C(\C=C(/C)CNC)CC. The van der Waals surface area contributed by atoms with Crippen LogP contribution in [0.25, 0.3) is 0 Å². The summed E-state index contributed by atoms with van der Waals surface area (Å²) >= 11 is 0. The van der Waals surface area contributed by atoms with E-state index in [2.05, 4.69) is 38.2 Å². The molecule has 64 valence electrons. The standard InChI is InChI=1S/C10H19N/c1-5-10(6-2)7-9(3)8-11-4/h5,7,11H,6,8H2,1-4H3/b9-7+,10-5-. The molecule has 0 radical (unpaired) electrons. The minimum absolute atomic E-state index is 0.983. The molecule has 1 heteroatoms. The van der Waals surface area contributed by atoms with Gasteiger partial charge in [-0.2, -0.15) is 0 Å². The van der Waals surface area contributed by atoms with Crippen LogP contribution in [-0.2, 0) is 0 Å². The minimum atomic E-state index is 0.983. The fraction of sp³-hybridized carbons (Fsp3) is 0.600. The van der Waals surface area contributed by atoms with Crippen molar-refractivity contribution in [1.29, 1.82) is 0 Å². The molecule has 0 fully saturated rings. The van der Waals surface area contributed by atoms with Gasteiger partial charge in [0.05, 0.1) is 0 Å². The highest BCUT2D eigenvalue weighted by molar-refractivity contribution is 5.22. The third-order valence-corrected chi connectivity index (χ3v) is 1.67. The molecule has 0 atom stereocenters. The molecular formula is C10H19N. The predicted octanol–water partition coefficient (Wildman–Crippen LogP) is 2.51. The Morgan fingerprint density at radius 2 is 2.09 bits per heavy atom. The number of rotatable bonds is 4. The molecule has 0 spiro atoms. The Morgan fingerprint density at radius 1 is 1.45 bits per heavy atom. The van der Waals surface area contributed by atoms with Crippen LogP contribution in [-0.4, -0.2) is 13.6 Å². The van der Waals surface area contributed by atoms with Gasteiger partial charge in [-0.25, -0.2) is 0 Å². The zero-order valence-corrected chi connectivity index (χ0v) is 8.07. The summed E-state index contributed by atoms with van der Waals surface area (Å²) in [6.07, 6.45) is 5.53. The lowest BCUT2D eigenvalue weighted by Crippen LogP contribution is -2.08. The van der Waals surface area contributed by atoms with E-state index in [1.165, 1.54) is 11.1 Å². The molecule has 0 aliphatic carbocycles. The van der Waals surface area contributed by atoms with Crippen LogP contribution >= 0.6 is 0 Å². The van der Waals surface area contributed by atoms with E-state index in [-0.39, 0.29) is 0 Å². The van der Waals surface area contributed by atoms with E-state index < -0.39 is 0 Å². The van der Waals surface area contributed by atoms with E-state index in [4.69, 9.17) is 0 Å². The quantitative estimate of drug-likeness (QED) is 0.612. The van der Waals surface area contributed by atoms with Crippen molar-refractivity contribution in [3.63, 3.8) is 0 Å². The van der Waals surface area contributed by atoms with Crippen LogP contribution in [0.5, 0.6) is 0 Å². The van der Waals surface area contributed by atoms with Gasteiger partial charge in [-0.15, -0.1) is 0 Å². The first-order valence-electron chi connectivity index (χ1n) is 4.21. The molecule has 0 rings (SSSR count). The van der Waals surface area contributed by atoms with E-state index in [9.17, 15) is 0 Å². The second kappa shape index (κ2) is 6.17. The summed E-state index contributed by atoms with van der Waals surface area (Å²) in [4.78, 5) is 0. The van der Waals surface area contributed by atoms with Crippen molar-refractivity contribution in [3.05, 3.63) is 23.3 Å². The maximum atomic E-state index is 3.13. The molecular weight excluding hydrogens is 134 g/mol.